The molecule has 0 atom stereocenters. The molecular formula is C16H23NO3. The third kappa shape index (κ3) is 3.97. The second-order valence-electron chi connectivity index (χ2n) is 6.16. The zero-order valence-electron chi connectivity index (χ0n) is 12.3. The summed E-state index contributed by atoms with van der Waals surface area (Å²) in [5.41, 5.74) is 0.681. The number of carboxylic acid groups (broad SMARTS) is 1. The summed E-state index contributed by atoms with van der Waals surface area (Å²) >= 11 is 0. The van der Waals surface area contributed by atoms with Gasteiger partial charge in [-0.3, -0.25) is 4.90 Å². The quantitative estimate of drug-likeness (QED) is 0.899. The molecule has 1 saturated heterocycles. The molecule has 1 aromatic carbocycles. The van der Waals surface area contributed by atoms with E-state index in [1.165, 1.54) is 12.8 Å². The minimum atomic E-state index is -0.944. The Morgan fingerprint density at radius 1 is 1.30 bits per heavy atom. The number of hydrogen-bond acceptors (Lipinski definition) is 3. The summed E-state index contributed by atoms with van der Waals surface area (Å²) in [6.07, 6.45) is 2.41. The van der Waals surface area contributed by atoms with Gasteiger partial charge in [-0.2, -0.15) is 0 Å². The fraction of sp³-hybridized carbons (Fsp3) is 0.562. The average molecular weight is 277 g/mol. The van der Waals surface area contributed by atoms with Crippen LogP contribution in [0, 0.1) is 5.41 Å². The number of rotatable bonds is 5. The summed E-state index contributed by atoms with van der Waals surface area (Å²) in [7, 11) is 0. The second kappa shape index (κ2) is 6.27. The van der Waals surface area contributed by atoms with Crippen LogP contribution in [0.4, 0.5) is 0 Å². The van der Waals surface area contributed by atoms with Gasteiger partial charge in [-0.05, 0) is 43.5 Å². The van der Waals surface area contributed by atoms with Crippen molar-refractivity contribution in [3.8, 4) is 5.75 Å². The molecule has 0 unspecified atom stereocenters. The Hall–Kier alpha value is -1.55. The third-order valence-electron chi connectivity index (χ3n) is 3.99. The topological polar surface area (TPSA) is 49.8 Å². The lowest BCUT2D eigenvalue weighted by Crippen LogP contribution is -2.39. The molecule has 1 heterocycles. The van der Waals surface area contributed by atoms with Gasteiger partial charge < -0.3 is 9.84 Å². The fourth-order valence-corrected chi connectivity index (χ4v) is 2.44. The van der Waals surface area contributed by atoms with Crippen LogP contribution in [0.3, 0.4) is 0 Å². The molecular weight excluding hydrogens is 254 g/mol. The van der Waals surface area contributed by atoms with Crippen molar-refractivity contribution in [1.29, 1.82) is 0 Å². The number of ether oxygens (including phenoxy) is 1. The van der Waals surface area contributed by atoms with Crippen molar-refractivity contribution in [2.24, 2.45) is 5.41 Å². The van der Waals surface area contributed by atoms with E-state index in [0.717, 1.165) is 19.6 Å². The Bertz CT molecular complexity index is 461. The molecule has 4 heteroatoms. The second-order valence-corrected chi connectivity index (χ2v) is 6.16. The highest BCUT2D eigenvalue weighted by Crippen LogP contribution is 2.29. The van der Waals surface area contributed by atoms with Gasteiger partial charge in [0.15, 0.2) is 0 Å². The number of aromatic carboxylic acids is 1. The lowest BCUT2D eigenvalue weighted by Gasteiger charge is -2.36. The molecule has 1 N–H and O–H groups in total. The van der Waals surface area contributed by atoms with Crippen LogP contribution in [0.2, 0.25) is 0 Å². The average Bonchev–Trinajstić information content (AvgIpc) is 2.41. The van der Waals surface area contributed by atoms with E-state index in [2.05, 4.69) is 18.7 Å². The predicted octanol–water partition coefficient (Wildman–Crippen LogP) is 2.89. The van der Waals surface area contributed by atoms with Gasteiger partial charge in [0.1, 0.15) is 17.9 Å². The summed E-state index contributed by atoms with van der Waals surface area (Å²) in [4.78, 5) is 13.5. The van der Waals surface area contributed by atoms with Gasteiger partial charge in [-0.25, -0.2) is 4.79 Å². The first-order valence-corrected chi connectivity index (χ1v) is 7.15. The van der Waals surface area contributed by atoms with Crippen molar-refractivity contribution in [3.63, 3.8) is 0 Å². The molecule has 1 aliphatic rings. The highest BCUT2D eigenvalue weighted by atomic mass is 16.5. The van der Waals surface area contributed by atoms with E-state index in [4.69, 9.17) is 9.84 Å². The summed E-state index contributed by atoms with van der Waals surface area (Å²) < 4.78 is 5.63. The minimum absolute atomic E-state index is 0.229. The molecule has 1 fully saturated rings. The van der Waals surface area contributed by atoms with E-state index in [1.54, 1.807) is 24.3 Å². The smallest absolute Gasteiger partial charge is 0.339 e. The molecule has 0 amide bonds. The maximum absolute atomic E-state index is 11.1. The predicted molar refractivity (Wildman–Crippen MR) is 78.4 cm³/mol. The van der Waals surface area contributed by atoms with Crippen molar-refractivity contribution in [2.75, 3.05) is 26.2 Å². The molecule has 0 aromatic heterocycles. The third-order valence-corrected chi connectivity index (χ3v) is 3.99. The number of piperidine rings is 1. The first kappa shape index (κ1) is 14.9. The van der Waals surface area contributed by atoms with Crippen molar-refractivity contribution < 1.29 is 14.6 Å². The normalized spacial score (nSPS) is 18.7. The van der Waals surface area contributed by atoms with Gasteiger partial charge in [0.25, 0.3) is 0 Å². The summed E-state index contributed by atoms with van der Waals surface area (Å²) in [5.74, 6) is -0.488. The van der Waals surface area contributed by atoms with Crippen molar-refractivity contribution >= 4 is 5.97 Å². The molecule has 0 saturated carbocycles. The molecule has 0 radical (unpaired) electrons. The highest BCUT2D eigenvalue weighted by Gasteiger charge is 2.25. The Kier molecular flexibility index (Phi) is 4.65. The number of carboxylic acids is 1. The summed E-state index contributed by atoms with van der Waals surface area (Å²) in [6, 6.07) is 6.79. The lowest BCUT2D eigenvalue weighted by atomic mass is 9.83. The Balaban J connectivity index is 1.81. The number of para-hydroxylation sites is 1. The SMILES string of the molecule is CC1(C)CCN(CCOc2ccccc2C(=O)O)CC1. The van der Waals surface area contributed by atoms with Gasteiger partial charge >= 0.3 is 5.97 Å². The zero-order chi connectivity index (χ0) is 14.6. The van der Waals surface area contributed by atoms with E-state index >= 15 is 0 Å². The number of likely N-dealkylation sites (tertiary alicyclic amines) is 1. The lowest BCUT2D eigenvalue weighted by molar-refractivity contribution is 0.0690. The van der Waals surface area contributed by atoms with E-state index in [0.29, 0.717) is 17.8 Å². The van der Waals surface area contributed by atoms with Gasteiger partial charge in [0.2, 0.25) is 0 Å². The Labute approximate surface area is 120 Å². The summed E-state index contributed by atoms with van der Waals surface area (Å²) in [5, 5.41) is 9.08. The van der Waals surface area contributed by atoms with Crippen molar-refractivity contribution in [3.05, 3.63) is 29.8 Å². The monoisotopic (exact) mass is 277 g/mol. The van der Waals surface area contributed by atoms with Gasteiger partial charge in [0, 0.05) is 6.54 Å². The van der Waals surface area contributed by atoms with Crippen LogP contribution in [0.1, 0.15) is 37.0 Å². The first-order chi connectivity index (χ1) is 9.48. The van der Waals surface area contributed by atoms with E-state index in [1.807, 2.05) is 0 Å². The molecule has 2 rings (SSSR count). The van der Waals surface area contributed by atoms with E-state index < -0.39 is 5.97 Å². The van der Waals surface area contributed by atoms with Gasteiger partial charge in [-0.1, -0.05) is 26.0 Å². The largest absolute Gasteiger partial charge is 0.491 e. The Morgan fingerprint density at radius 2 is 1.95 bits per heavy atom. The van der Waals surface area contributed by atoms with Crippen LogP contribution in [0.25, 0.3) is 0 Å². The van der Waals surface area contributed by atoms with Crippen molar-refractivity contribution in [1.82, 2.24) is 4.90 Å². The Morgan fingerprint density at radius 3 is 2.60 bits per heavy atom. The van der Waals surface area contributed by atoms with Gasteiger partial charge in [-0.15, -0.1) is 0 Å². The van der Waals surface area contributed by atoms with Gasteiger partial charge in [0.05, 0.1) is 0 Å². The molecule has 1 aliphatic heterocycles. The van der Waals surface area contributed by atoms with Crippen LogP contribution in [0.5, 0.6) is 5.75 Å². The standard InChI is InChI=1S/C16H23NO3/c1-16(2)7-9-17(10-8-16)11-12-20-14-6-4-3-5-13(14)15(18)19/h3-6H,7-12H2,1-2H3,(H,18,19). The number of carbonyl (C=O) groups is 1. The number of benzene rings is 1. The van der Waals surface area contributed by atoms with Crippen LogP contribution in [-0.4, -0.2) is 42.2 Å². The molecule has 0 spiro atoms. The zero-order valence-corrected chi connectivity index (χ0v) is 12.3. The molecule has 0 bridgehead atoms. The van der Waals surface area contributed by atoms with Crippen LogP contribution < -0.4 is 4.74 Å². The molecule has 0 aliphatic carbocycles. The molecule has 20 heavy (non-hydrogen) atoms. The fourth-order valence-electron chi connectivity index (χ4n) is 2.44. The number of hydrogen-bond donors (Lipinski definition) is 1. The highest BCUT2D eigenvalue weighted by molar-refractivity contribution is 5.90. The van der Waals surface area contributed by atoms with Crippen LogP contribution >= 0.6 is 0 Å². The maximum Gasteiger partial charge on any atom is 0.339 e. The van der Waals surface area contributed by atoms with Crippen LogP contribution in [-0.2, 0) is 0 Å². The molecule has 4 nitrogen and oxygen atoms in total. The first-order valence-electron chi connectivity index (χ1n) is 7.15. The van der Waals surface area contributed by atoms with Crippen molar-refractivity contribution in [2.45, 2.75) is 26.7 Å². The maximum atomic E-state index is 11.1. The molecule has 110 valence electrons. The summed E-state index contributed by atoms with van der Waals surface area (Å²) in [6.45, 7) is 8.19. The van der Waals surface area contributed by atoms with E-state index in [-0.39, 0.29) is 5.56 Å². The van der Waals surface area contributed by atoms with Crippen LogP contribution in [0.15, 0.2) is 24.3 Å². The van der Waals surface area contributed by atoms with E-state index in [9.17, 15) is 4.79 Å². The molecule has 1 aromatic rings. The minimum Gasteiger partial charge on any atom is -0.491 e. The number of nitrogens with zero attached hydrogens (tertiary/aromatic N) is 1.